The highest BCUT2D eigenvalue weighted by Crippen LogP contribution is 2.34. The zero-order chi connectivity index (χ0) is 23.3. The molecule has 3 aromatic rings. The summed E-state index contributed by atoms with van der Waals surface area (Å²) in [5.74, 6) is 0.234. The molecular formula is C26H28FN3O4. The first-order valence-corrected chi connectivity index (χ1v) is 11.7. The van der Waals surface area contributed by atoms with Gasteiger partial charge in [0.25, 0.3) is 5.91 Å². The molecule has 2 aliphatic rings. The van der Waals surface area contributed by atoms with E-state index in [0.717, 1.165) is 24.0 Å². The van der Waals surface area contributed by atoms with Gasteiger partial charge in [-0.1, -0.05) is 23.4 Å². The van der Waals surface area contributed by atoms with Crippen molar-refractivity contribution >= 4 is 11.8 Å². The lowest BCUT2D eigenvalue weighted by Gasteiger charge is -2.29. The number of benzene rings is 2. The van der Waals surface area contributed by atoms with E-state index < -0.39 is 0 Å². The maximum Gasteiger partial charge on any atom is 0.254 e. The van der Waals surface area contributed by atoms with Crippen molar-refractivity contribution in [1.82, 2.24) is 10.1 Å². The molecule has 3 heterocycles. The number of halogens is 1. The van der Waals surface area contributed by atoms with E-state index in [2.05, 4.69) is 10.1 Å². The van der Waals surface area contributed by atoms with Crippen LogP contribution >= 0.6 is 0 Å². The second kappa shape index (κ2) is 10.4. The van der Waals surface area contributed by atoms with Crippen LogP contribution in [0.25, 0.3) is 11.3 Å². The number of rotatable bonds is 7. The summed E-state index contributed by atoms with van der Waals surface area (Å²) in [7, 11) is 0. The Kier molecular flexibility index (Phi) is 6.87. The molecule has 0 unspecified atom stereocenters. The number of hydrogen-bond acceptors (Lipinski definition) is 6. The van der Waals surface area contributed by atoms with Crippen LogP contribution in [0.15, 0.2) is 59.1 Å². The fourth-order valence-corrected chi connectivity index (χ4v) is 4.50. The van der Waals surface area contributed by atoms with Crippen molar-refractivity contribution in [2.45, 2.75) is 25.5 Å². The van der Waals surface area contributed by atoms with E-state index in [4.69, 9.17) is 14.0 Å². The van der Waals surface area contributed by atoms with Crippen molar-refractivity contribution < 1.29 is 23.2 Å². The SMILES string of the molecule is O=C(c1ccccc1)N(Cc1c(-c2ccc(F)cc2)noc1N1CCOCC1)C[C@@H]1CCCO1. The number of aromatic nitrogens is 1. The quantitative estimate of drug-likeness (QED) is 0.523. The van der Waals surface area contributed by atoms with Crippen molar-refractivity contribution in [3.63, 3.8) is 0 Å². The number of amides is 1. The van der Waals surface area contributed by atoms with Gasteiger partial charge >= 0.3 is 0 Å². The summed E-state index contributed by atoms with van der Waals surface area (Å²) in [4.78, 5) is 17.5. The lowest BCUT2D eigenvalue weighted by molar-refractivity contribution is 0.0507. The van der Waals surface area contributed by atoms with Gasteiger partial charge in [-0.2, -0.15) is 0 Å². The summed E-state index contributed by atoms with van der Waals surface area (Å²) < 4.78 is 30.8. The minimum atomic E-state index is -0.318. The maximum atomic E-state index is 13.6. The first-order valence-electron chi connectivity index (χ1n) is 11.7. The van der Waals surface area contributed by atoms with Crippen LogP contribution in [0.2, 0.25) is 0 Å². The zero-order valence-electron chi connectivity index (χ0n) is 19.0. The smallest absolute Gasteiger partial charge is 0.254 e. The van der Waals surface area contributed by atoms with E-state index >= 15 is 0 Å². The summed E-state index contributed by atoms with van der Waals surface area (Å²) in [6.07, 6.45) is 1.91. The van der Waals surface area contributed by atoms with Crippen LogP contribution in [0, 0.1) is 5.82 Å². The van der Waals surface area contributed by atoms with E-state index in [1.165, 1.54) is 12.1 Å². The number of carbonyl (C=O) groups is 1. The molecule has 1 atom stereocenters. The molecular weight excluding hydrogens is 437 g/mol. The molecule has 2 aliphatic heterocycles. The zero-order valence-corrected chi connectivity index (χ0v) is 19.0. The molecule has 178 valence electrons. The van der Waals surface area contributed by atoms with Gasteiger partial charge in [0.05, 0.1) is 31.4 Å². The minimum Gasteiger partial charge on any atom is -0.378 e. The number of carbonyl (C=O) groups excluding carboxylic acids is 1. The topological polar surface area (TPSA) is 68.0 Å². The van der Waals surface area contributed by atoms with Crippen LogP contribution in [0.4, 0.5) is 10.3 Å². The largest absolute Gasteiger partial charge is 0.378 e. The molecule has 34 heavy (non-hydrogen) atoms. The van der Waals surface area contributed by atoms with Crippen LogP contribution in [0.3, 0.4) is 0 Å². The van der Waals surface area contributed by atoms with Crippen LogP contribution in [0.1, 0.15) is 28.8 Å². The Morgan fingerprint density at radius 3 is 2.53 bits per heavy atom. The second-order valence-electron chi connectivity index (χ2n) is 8.61. The molecule has 1 amide bonds. The van der Waals surface area contributed by atoms with Gasteiger partial charge in [-0.05, 0) is 49.2 Å². The average molecular weight is 466 g/mol. The number of morpholine rings is 1. The maximum absolute atomic E-state index is 13.6. The highest BCUT2D eigenvalue weighted by Gasteiger charge is 2.30. The molecule has 2 aromatic carbocycles. The third-order valence-corrected chi connectivity index (χ3v) is 6.29. The number of nitrogens with zero attached hydrogens (tertiary/aromatic N) is 3. The number of hydrogen-bond donors (Lipinski definition) is 0. The number of anilines is 1. The van der Waals surface area contributed by atoms with E-state index in [1.54, 1.807) is 12.1 Å². The fraction of sp³-hybridized carbons (Fsp3) is 0.385. The molecule has 1 aromatic heterocycles. The van der Waals surface area contributed by atoms with Gasteiger partial charge in [-0.15, -0.1) is 0 Å². The lowest BCUT2D eigenvalue weighted by atomic mass is 10.1. The Bertz CT molecular complexity index is 1090. The molecule has 0 radical (unpaired) electrons. The Morgan fingerprint density at radius 2 is 1.82 bits per heavy atom. The van der Waals surface area contributed by atoms with E-state index in [0.29, 0.717) is 63.1 Å². The van der Waals surface area contributed by atoms with Crippen LogP contribution < -0.4 is 4.90 Å². The van der Waals surface area contributed by atoms with Gasteiger partial charge in [0.1, 0.15) is 11.5 Å². The van der Waals surface area contributed by atoms with E-state index in [-0.39, 0.29) is 17.8 Å². The van der Waals surface area contributed by atoms with Gasteiger partial charge < -0.3 is 23.8 Å². The first kappa shape index (κ1) is 22.6. The van der Waals surface area contributed by atoms with Gasteiger partial charge in [-0.25, -0.2) is 4.39 Å². The predicted molar refractivity (Wildman–Crippen MR) is 125 cm³/mol. The summed E-state index contributed by atoms with van der Waals surface area (Å²) in [6.45, 7) is 4.02. The Labute approximate surface area is 198 Å². The van der Waals surface area contributed by atoms with Gasteiger partial charge in [-0.3, -0.25) is 4.79 Å². The predicted octanol–water partition coefficient (Wildman–Crippen LogP) is 4.14. The van der Waals surface area contributed by atoms with Crippen molar-refractivity contribution in [1.29, 1.82) is 0 Å². The van der Waals surface area contributed by atoms with Gasteiger partial charge in [0.2, 0.25) is 5.88 Å². The standard InChI is InChI=1S/C26H28FN3O4/c27-21-10-8-19(9-11-21)24-23(26(34-28-24)29-12-15-32-16-13-29)18-30(17-22-7-4-14-33-22)25(31)20-5-2-1-3-6-20/h1-3,5-6,8-11,22H,4,7,12-18H2/t22-/m0/s1. The molecule has 0 N–H and O–H groups in total. The Morgan fingerprint density at radius 1 is 1.06 bits per heavy atom. The molecule has 5 rings (SSSR count). The van der Waals surface area contributed by atoms with Crippen molar-refractivity contribution in [2.24, 2.45) is 0 Å². The summed E-state index contributed by atoms with van der Waals surface area (Å²) >= 11 is 0. The van der Waals surface area contributed by atoms with Gasteiger partial charge in [0, 0.05) is 37.4 Å². The Hall–Kier alpha value is -3.23. The van der Waals surface area contributed by atoms with Crippen molar-refractivity contribution in [3.8, 4) is 11.3 Å². The van der Waals surface area contributed by atoms with Gasteiger partial charge in [0.15, 0.2) is 0 Å². The normalized spacial score (nSPS) is 18.3. The molecule has 2 saturated heterocycles. The van der Waals surface area contributed by atoms with Crippen molar-refractivity contribution in [3.05, 3.63) is 71.5 Å². The molecule has 2 fully saturated rings. The summed E-state index contributed by atoms with van der Waals surface area (Å²) in [6, 6.07) is 15.4. The second-order valence-corrected chi connectivity index (χ2v) is 8.61. The molecule has 8 heteroatoms. The highest BCUT2D eigenvalue weighted by atomic mass is 19.1. The van der Waals surface area contributed by atoms with Crippen molar-refractivity contribution in [2.75, 3.05) is 44.4 Å². The highest BCUT2D eigenvalue weighted by molar-refractivity contribution is 5.94. The average Bonchev–Trinajstić information content (AvgIpc) is 3.55. The molecule has 0 saturated carbocycles. The summed E-state index contributed by atoms with van der Waals surface area (Å²) in [5.41, 5.74) is 2.77. The summed E-state index contributed by atoms with van der Waals surface area (Å²) in [5, 5.41) is 4.36. The van der Waals surface area contributed by atoms with Crippen LogP contribution in [-0.4, -0.2) is 61.5 Å². The monoisotopic (exact) mass is 465 g/mol. The third kappa shape index (κ3) is 4.98. The third-order valence-electron chi connectivity index (χ3n) is 6.29. The fourth-order valence-electron chi connectivity index (χ4n) is 4.50. The van der Waals surface area contributed by atoms with E-state index in [1.807, 2.05) is 35.2 Å². The Balaban J connectivity index is 1.52. The lowest BCUT2D eigenvalue weighted by Crippen LogP contribution is -2.39. The van der Waals surface area contributed by atoms with Crippen LogP contribution in [0.5, 0.6) is 0 Å². The van der Waals surface area contributed by atoms with E-state index in [9.17, 15) is 9.18 Å². The molecule has 0 bridgehead atoms. The molecule has 7 nitrogen and oxygen atoms in total. The first-order chi connectivity index (χ1) is 16.7. The minimum absolute atomic E-state index is 0.00590. The molecule has 0 aliphatic carbocycles. The molecule has 0 spiro atoms. The number of ether oxygens (including phenoxy) is 2. The van der Waals surface area contributed by atoms with Crippen LogP contribution in [-0.2, 0) is 16.0 Å².